The molecule has 39 heavy (non-hydrogen) atoms. The van der Waals surface area contributed by atoms with Gasteiger partial charge in [-0.15, -0.1) is 0 Å². The number of benzene rings is 2. The molecule has 0 saturated carbocycles. The molecule has 3 rings (SSSR count). The van der Waals surface area contributed by atoms with Crippen LogP contribution >= 0.6 is 0 Å². The summed E-state index contributed by atoms with van der Waals surface area (Å²) in [6.07, 6.45) is -3.23. The second kappa shape index (κ2) is 12.3. The summed E-state index contributed by atoms with van der Waals surface area (Å²) in [5, 5.41) is 9.16. The Bertz CT molecular complexity index is 1290. The fraction of sp³-hybridized carbons (Fsp3) is 0.367. The zero-order chi connectivity index (χ0) is 28.9. The lowest BCUT2D eigenvalue weighted by molar-refractivity contribution is -0.142. The maximum atomic E-state index is 14.2. The van der Waals surface area contributed by atoms with Gasteiger partial charge in [-0.25, -0.2) is 9.59 Å². The summed E-state index contributed by atoms with van der Waals surface area (Å²) in [5.74, 6) is -3.17. The van der Waals surface area contributed by atoms with Crippen LogP contribution in [-0.2, 0) is 31.7 Å². The Kier molecular flexibility index (Phi) is 9.37. The number of aryl methyl sites for hydroxylation is 1. The molecule has 2 aromatic carbocycles. The van der Waals surface area contributed by atoms with Crippen molar-refractivity contribution in [3.8, 4) is 0 Å². The van der Waals surface area contributed by atoms with Crippen molar-refractivity contribution in [3.05, 3.63) is 93.3 Å². The summed E-state index contributed by atoms with van der Waals surface area (Å²) in [6.45, 7) is 8.23. The molecule has 0 atom stereocenters. The third-order valence-electron chi connectivity index (χ3n) is 6.61. The third-order valence-corrected chi connectivity index (χ3v) is 6.61. The molecule has 1 heterocycles. The number of nitrogens with zero attached hydrogens (tertiary/aromatic N) is 1. The Morgan fingerprint density at radius 3 is 1.90 bits per heavy atom. The fourth-order valence-corrected chi connectivity index (χ4v) is 5.02. The van der Waals surface area contributed by atoms with Gasteiger partial charge >= 0.3 is 18.1 Å². The van der Waals surface area contributed by atoms with Crippen molar-refractivity contribution in [2.24, 2.45) is 0 Å². The minimum absolute atomic E-state index is 0.0137. The van der Waals surface area contributed by atoms with Crippen molar-refractivity contribution < 1.29 is 32.2 Å². The monoisotopic (exact) mass is 542 g/mol. The topological polar surface area (TPSA) is 79.7 Å². The van der Waals surface area contributed by atoms with Gasteiger partial charge in [-0.3, -0.25) is 5.41 Å². The number of carbonyl (C=O) groups is 2. The largest absolute Gasteiger partial charge is 0.463 e. The average Bonchev–Trinajstić information content (AvgIpc) is 2.88. The SMILES string of the molecule is CCCc1ccccc1C(=N)N1C(C)=C(C(=O)OCC)C(c2ccccc2C(F)(F)F)C(C(=O)OCC)=C1C. The number of amidine groups is 1. The summed E-state index contributed by atoms with van der Waals surface area (Å²) in [7, 11) is 0. The average molecular weight is 543 g/mol. The van der Waals surface area contributed by atoms with E-state index in [1.54, 1.807) is 39.8 Å². The summed E-state index contributed by atoms with van der Waals surface area (Å²) in [6, 6.07) is 12.2. The second-order valence-electron chi connectivity index (χ2n) is 9.05. The molecule has 1 aliphatic heterocycles. The Morgan fingerprint density at radius 1 is 0.872 bits per heavy atom. The molecule has 0 aliphatic carbocycles. The summed E-state index contributed by atoms with van der Waals surface area (Å²) in [5.41, 5.74) is 0.335. The van der Waals surface area contributed by atoms with Crippen molar-refractivity contribution in [3.63, 3.8) is 0 Å². The standard InChI is InChI=1S/C30H33F3N2O4/c1-6-13-20-14-9-10-15-21(20)27(34)35-18(4)24(28(36)38-7-2)26(25(19(35)5)29(37)39-8-3)22-16-11-12-17-23(22)30(31,32)33/h9-12,14-17,26,34H,6-8,13H2,1-5H3. The number of hydrogen-bond donors (Lipinski definition) is 1. The number of allylic oxidation sites excluding steroid dienone is 2. The molecular weight excluding hydrogens is 509 g/mol. The van der Waals surface area contributed by atoms with E-state index in [9.17, 15) is 22.8 Å². The first-order valence-electron chi connectivity index (χ1n) is 12.9. The number of hydrogen-bond acceptors (Lipinski definition) is 5. The summed E-state index contributed by atoms with van der Waals surface area (Å²) in [4.78, 5) is 28.3. The highest BCUT2D eigenvalue weighted by atomic mass is 19.4. The molecule has 1 N–H and O–H groups in total. The Morgan fingerprint density at radius 2 is 1.38 bits per heavy atom. The molecule has 1 aliphatic rings. The molecule has 208 valence electrons. The molecular formula is C30H33F3N2O4. The minimum Gasteiger partial charge on any atom is -0.463 e. The second-order valence-corrected chi connectivity index (χ2v) is 9.05. The predicted octanol–water partition coefficient (Wildman–Crippen LogP) is 6.76. The molecule has 0 aromatic heterocycles. The van der Waals surface area contributed by atoms with Crippen LogP contribution in [0.2, 0.25) is 0 Å². The van der Waals surface area contributed by atoms with Gasteiger partial charge in [0.05, 0.1) is 35.8 Å². The number of carbonyl (C=O) groups excluding carboxylic acids is 2. The zero-order valence-corrected chi connectivity index (χ0v) is 22.7. The minimum atomic E-state index is -4.75. The maximum absolute atomic E-state index is 14.2. The third kappa shape index (κ3) is 5.92. The van der Waals surface area contributed by atoms with E-state index in [0.717, 1.165) is 18.1 Å². The van der Waals surface area contributed by atoms with Crippen LogP contribution in [-0.4, -0.2) is 35.9 Å². The molecule has 0 saturated heterocycles. The fourth-order valence-electron chi connectivity index (χ4n) is 5.02. The molecule has 2 aromatic rings. The van der Waals surface area contributed by atoms with Crippen LogP contribution in [0.25, 0.3) is 0 Å². The Hall–Kier alpha value is -3.88. The number of alkyl halides is 3. The van der Waals surface area contributed by atoms with Crippen LogP contribution < -0.4 is 0 Å². The van der Waals surface area contributed by atoms with Gasteiger partial charge in [-0.05, 0) is 51.3 Å². The molecule has 9 heteroatoms. The van der Waals surface area contributed by atoms with Crippen molar-refractivity contribution in [2.75, 3.05) is 13.2 Å². The molecule has 0 amide bonds. The lowest BCUT2D eigenvalue weighted by Gasteiger charge is -2.38. The van der Waals surface area contributed by atoms with E-state index in [1.807, 2.05) is 19.1 Å². The Labute approximate surface area is 226 Å². The van der Waals surface area contributed by atoms with Crippen LogP contribution in [0.3, 0.4) is 0 Å². The number of halogens is 3. The molecule has 0 unspecified atom stereocenters. The van der Waals surface area contributed by atoms with E-state index in [1.165, 1.54) is 23.1 Å². The van der Waals surface area contributed by atoms with Gasteiger partial charge in [-0.2, -0.15) is 13.2 Å². The molecule has 0 radical (unpaired) electrons. The van der Waals surface area contributed by atoms with Gasteiger partial charge in [-0.1, -0.05) is 55.8 Å². The Balaban J connectivity index is 2.39. The predicted molar refractivity (Wildman–Crippen MR) is 142 cm³/mol. The van der Waals surface area contributed by atoms with Gasteiger partial charge in [0.2, 0.25) is 0 Å². The van der Waals surface area contributed by atoms with Crippen LogP contribution in [0, 0.1) is 5.41 Å². The van der Waals surface area contributed by atoms with Gasteiger partial charge in [0, 0.05) is 17.0 Å². The van der Waals surface area contributed by atoms with E-state index in [-0.39, 0.29) is 47.2 Å². The maximum Gasteiger partial charge on any atom is 0.416 e. The first-order valence-corrected chi connectivity index (χ1v) is 12.9. The normalized spacial score (nSPS) is 14.5. The first kappa shape index (κ1) is 29.7. The van der Waals surface area contributed by atoms with Gasteiger partial charge < -0.3 is 14.4 Å². The van der Waals surface area contributed by atoms with Crippen molar-refractivity contribution in [2.45, 2.75) is 59.6 Å². The lowest BCUT2D eigenvalue weighted by atomic mass is 9.77. The smallest absolute Gasteiger partial charge is 0.416 e. The lowest BCUT2D eigenvalue weighted by Crippen LogP contribution is -2.39. The van der Waals surface area contributed by atoms with Gasteiger partial charge in [0.15, 0.2) is 0 Å². The van der Waals surface area contributed by atoms with E-state index in [2.05, 4.69) is 0 Å². The van der Waals surface area contributed by atoms with Crippen LogP contribution in [0.1, 0.15) is 69.2 Å². The van der Waals surface area contributed by atoms with Gasteiger partial charge in [0.1, 0.15) is 5.84 Å². The van der Waals surface area contributed by atoms with E-state index in [0.29, 0.717) is 12.0 Å². The summed E-state index contributed by atoms with van der Waals surface area (Å²) < 4.78 is 53.1. The van der Waals surface area contributed by atoms with Crippen LogP contribution in [0.15, 0.2) is 71.1 Å². The van der Waals surface area contributed by atoms with E-state index < -0.39 is 29.6 Å². The highest BCUT2D eigenvalue weighted by Crippen LogP contribution is 2.47. The molecule has 0 spiro atoms. The van der Waals surface area contributed by atoms with Crippen LogP contribution in [0.4, 0.5) is 13.2 Å². The number of esters is 2. The zero-order valence-electron chi connectivity index (χ0n) is 22.7. The number of nitrogens with one attached hydrogen (secondary N) is 1. The van der Waals surface area contributed by atoms with E-state index >= 15 is 0 Å². The van der Waals surface area contributed by atoms with Crippen molar-refractivity contribution in [1.82, 2.24) is 4.90 Å². The van der Waals surface area contributed by atoms with Gasteiger partial charge in [0.25, 0.3) is 0 Å². The van der Waals surface area contributed by atoms with Crippen molar-refractivity contribution >= 4 is 17.8 Å². The molecule has 0 fully saturated rings. The number of rotatable bonds is 8. The molecule has 0 bridgehead atoms. The highest BCUT2D eigenvalue weighted by molar-refractivity contribution is 6.05. The van der Waals surface area contributed by atoms with Crippen LogP contribution in [0.5, 0.6) is 0 Å². The molecule has 6 nitrogen and oxygen atoms in total. The highest BCUT2D eigenvalue weighted by Gasteiger charge is 2.45. The quantitative estimate of drug-likeness (QED) is 0.227. The summed E-state index contributed by atoms with van der Waals surface area (Å²) >= 11 is 0. The van der Waals surface area contributed by atoms with E-state index in [4.69, 9.17) is 14.9 Å². The number of ether oxygens (including phenoxy) is 2. The van der Waals surface area contributed by atoms with Crippen molar-refractivity contribution in [1.29, 1.82) is 5.41 Å². The first-order chi connectivity index (χ1) is 18.5.